The van der Waals surface area contributed by atoms with E-state index in [0.717, 1.165) is 0 Å². The van der Waals surface area contributed by atoms with Crippen LogP contribution >= 0.6 is 0 Å². The Morgan fingerprint density at radius 2 is 1.88 bits per heavy atom. The maximum absolute atomic E-state index is 12.4. The second-order valence-corrected chi connectivity index (χ2v) is 5.71. The third-order valence-electron chi connectivity index (χ3n) is 3.59. The van der Waals surface area contributed by atoms with Crippen molar-refractivity contribution < 1.29 is 14.4 Å². The number of carbonyl (C=O) groups excluding carboxylic acids is 3. The van der Waals surface area contributed by atoms with Gasteiger partial charge in [0.05, 0.1) is 11.6 Å². The normalized spacial score (nSPS) is 11.1. The van der Waals surface area contributed by atoms with Gasteiger partial charge in [-0.2, -0.15) is 5.26 Å². The van der Waals surface area contributed by atoms with Crippen LogP contribution in [0.4, 0.5) is 5.69 Å². The molecule has 0 aliphatic heterocycles. The molecule has 2 aromatic rings. The molecule has 7 nitrogen and oxygen atoms in total. The van der Waals surface area contributed by atoms with Crippen molar-refractivity contribution in [3.05, 3.63) is 65.2 Å². The molecule has 0 saturated carbocycles. The number of nitriles is 1. The summed E-state index contributed by atoms with van der Waals surface area (Å²) in [5.41, 5.74) is 7.33. The van der Waals surface area contributed by atoms with E-state index in [1.807, 2.05) is 6.07 Å². The first kappa shape index (κ1) is 18.7. The molecule has 4 N–H and O–H groups in total. The minimum absolute atomic E-state index is 0.169. The summed E-state index contributed by atoms with van der Waals surface area (Å²) in [6, 6.07) is 14.2. The molecule has 26 heavy (non-hydrogen) atoms. The number of anilines is 1. The molecule has 2 rings (SSSR count). The number of carbonyl (C=O) groups is 3. The first-order valence-corrected chi connectivity index (χ1v) is 7.86. The maximum atomic E-state index is 12.4. The van der Waals surface area contributed by atoms with Crippen LogP contribution in [0, 0.1) is 11.3 Å². The smallest absolute Gasteiger partial charge is 0.252 e. The highest BCUT2D eigenvalue weighted by Gasteiger charge is 2.20. The number of hydrogen-bond acceptors (Lipinski definition) is 4. The summed E-state index contributed by atoms with van der Waals surface area (Å²) in [5.74, 6) is -1.42. The van der Waals surface area contributed by atoms with Gasteiger partial charge in [0.2, 0.25) is 11.8 Å². The number of primary amides is 1. The molecule has 0 radical (unpaired) electrons. The Bertz CT molecular complexity index is 886. The first-order chi connectivity index (χ1) is 12.4. The van der Waals surface area contributed by atoms with Crippen LogP contribution in [0.3, 0.4) is 0 Å². The van der Waals surface area contributed by atoms with E-state index in [1.165, 1.54) is 13.0 Å². The predicted octanol–water partition coefficient (Wildman–Crippen LogP) is 1.34. The van der Waals surface area contributed by atoms with Crippen molar-refractivity contribution in [3.8, 4) is 6.07 Å². The zero-order valence-corrected chi connectivity index (χ0v) is 14.2. The number of rotatable bonds is 6. The summed E-state index contributed by atoms with van der Waals surface area (Å²) >= 11 is 0. The van der Waals surface area contributed by atoms with Crippen LogP contribution < -0.4 is 16.4 Å². The molecule has 0 aliphatic carbocycles. The Kier molecular flexibility index (Phi) is 6.06. The molecule has 0 spiro atoms. The van der Waals surface area contributed by atoms with Crippen molar-refractivity contribution in [1.29, 1.82) is 5.26 Å². The Labute approximate surface area is 150 Å². The van der Waals surface area contributed by atoms with Gasteiger partial charge >= 0.3 is 0 Å². The van der Waals surface area contributed by atoms with Crippen LogP contribution in [0.15, 0.2) is 48.5 Å². The minimum Gasteiger partial charge on any atom is -0.368 e. The van der Waals surface area contributed by atoms with E-state index >= 15 is 0 Å². The lowest BCUT2D eigenvalue weighted by Gasteiger charge is -2.16. The molecule has 1 atom stereocenters. The van der Waals surface area contributed by atoms with Crippen LogP contribution in [0.25, 0.3) is 0 Å². The average Bonchev–Trinajstić information content (AvgIpc) is 2.60. The first-order valence-electron chi connectivity index (χ1n) is 7.86. The highest BCUT2D eigenvalue weighted by molar-refractivity contribution is 5.99. The largest absolute Gasteiger partial charge is 0.368 e. The van der Waals surface area contributed by atoms with Gasteiger partial charge in [-0.25, -0.2) is 0 Å². The highest BCUT2D eigenvalue weighted by atomic mass is 16.2. The van der Waals surface area contributed by atoms with Gasteiger partial charge in [0.1, 0.15) is 6.04 Å². The quantitative estimate of drug-likeness (QED) is 0.727. The molecule has 0 saturated heterocycles. The van der Waals surface area contributed by atoms with Crippen molar-refractivity contribution in [2.75, 3.05) is 5.32 Å². The molecule has 0 unspecified atom stereocenters. The van der Waals surface area contributed by atoms with Gasteiger partial charge in [-0.3, -0.25) is 14.4 Å². The summed E-state index contributed by atoms with van der Waals surface area (Å²) in [5, 5.41) is 14.1. The van der Waals surface area contributed by atoms with E-state index in [4.69, 9.17) is 11.0 Å². The van der Waals surface area contributed by atoms with Crippen molar-refractivity contribution in [2.24, 2.45) is 5.73 Å². The SMILES string of the molecule is CC(=O)Nc1cccc(C(=O)N[C@@H](Cc2cccc(C#N)c2)C(N)=O)c1. The van der Waals surface area contributed by atoms with Crippen molar-refractivity contribution in [2.45, 2.75) is 19.4 Å². The van der Waals surface area contributed by atoms with Gasteiger partial charge in [0, 0.05) is 24.6 Å². The Morgan fingerprint density at radius 3 is 2.54 bits per heavy atom. The average molecular weight is 350 g/mol. The van der Waals surface area contributed by atoms with Crippen molar-refractivity contribution in [3.63, 3.8) is 0 Å². The zero-order chi connectivity index (χ0) is 19.1. The van der Waals surface area contributed by atoms with Gasteiger partial charge in [0.25, 0.3) is 5.91 Å². The number of nitrogens with one attached hydrogen (secondary N) is 2. The number of benzene rings is 2. The molecular weight excluding hydrogens is 332 g/mol. The Morgan fingerprint density at radius 1 is 1.15 bits per heavy atom. The molecule has 0 aromatic heterocycles. The van der Waals surface area contributed by atoms with E-state index in [0.29, 0.717) is 16.8 Å². The van der Waals surface area contributed by atoms with Crippen molar-refractivity contribution >= 4 is 23.4 Å². The molecule has 132 valence electrons. The third kappa shape index (κ3) is 5.18. The van der Waals surface area contributed by atoms with Crippen LogP contribution in [-0.2, 0) is 16.0 Å². The second kappa shape index (κ2) is 8.44. The van der Waals surface area contributed by atoms with E-state index < -0.39 is 17.9 Å². The molecule has 7 heteroatoms. The van der Waals surface area contributed by atoms with Gasteiger partial charge < -0.3 is 16.4 Å². The topological polar surface area (TPSA) is 125 Å². The zero-order valence-electron chi connectivity index (χ0n) is 14.2. The van der Waals surface area contributed by atoms with E-state index in [-0.39, 0.29) is 17.9 Å². The van der Waals surface area contributed by atoms with Crippen molar-refractivity contribution in [1.82, 2.24) is 5.32 Å². The predicted molar refractivity (Wildman–Crippen MR) is 96.1 cm³/mol. The van der Waals surface area contributed by atoms with Crippen LogP contribution in [0.5, 0.6) is 0 Å². The lowest BCUT2D eigenvalue weighted by Crippen LogP contribution is -2.45. The fraction of sp³-hybridized carbons (Fsp3) is 0.158. The monoisotopic (exact) mass is 350 g/mol. The summed E-state index contributed by atoms with van der Waals surface area (Å²) in [6.07, 6.45) is 0.169. The minimum atomic E-state index is -0.930. The van der Waals surface area contributed by atoms with Gasteiger partial charge in [-0.05, 0) is 35.9 Å². The number of amides is 3. The van der Waals surface area contributed by atoms with Crippen LogP contribution in [-0.4, -0.2) is 23.8 Å². The number of nitrogens with two attached hydrogens (primary N) is 1. The molecule has 3 amide bonds. The van der Waals surface area contributed by atoms with E-state index in [9.17, 15) is 14.4 Å². The summed E-state index contributed by atoms with van der Waals surface area (Å²) in [6.45, 7) is 1.37. The fourth-order valence-electron chi connectivity index (χ4n) is 2.41. The summed E-state index contributed by atoms with van der Waals surface area (Å²) in [7, 11) is 0. The van der Waals surface area contributed by atoms with Gasteiger partial charge in [0.15, 0.2) is 0 Å². The second-order valence-electron chi connectivity index (χ2n) is 5.71. The molecule has 0 heterocycles. The lowest BCUT2D eigenvalue weighted by atomic mass is 10.0. The molecule has 0 bridgehead atoms. The number of hydrogen-bond donors (Lipinski definition) is 3. The highest BCUT2D eigenvalue weighted by Crippen LogP contribution is 2.12. The Hall–Kier alpha value is -3.66. The van der Waals surface area contributed by atoms with Gasteiger partial charge in [-0.15, -0.1) is 0 Å². The van der Waals surface area contributed by atoms with E-state index in [2.05, 4.69) is 10.6 Å². The summed E-state index contributed by atoms with van der Waals surface area (Å²) in [4.78, 5) is 35.3. The number of nitrogens with zero attached hydrogens (tertiary/aromatic N) is 1. The lowest BCUT2D eigenvalue weighted by molar-refractivity contribution is -0.119. The van der Waals surface area contributed by atoms with Gasteiger partial charge in [-0.1, -0.05) is 18.2 Å². The molecule has 0 fully saturated rings. The van der Waals surface area contributed by atoms with Crippen LogP contribution in [0.2, 0.25) is 0 Å². The van der Waals surface area contributed by atoms with Crippen LogP contribution in [0.1, 0.15) is 28.4 Å². The molecule has 0 aliphatic rings. The fourth-order valence-corrected chi connectivity index (χ4v) is 2.41. The maximum Gasteiger partial charge on any atom is 0.252 e. The standard InChI is InChI=1S/C19H18N4O3/c1-12(24)22-16-7-3-6-15(10-16)19(26)23-17(18(21)25)9-13-4-2-5-14(8-13)11-20/h2-8,10,17H,9H2,1H3,(H2,21,25)(H,22,24)(H,23,26)/t17-/m0/s1. The summed E-state index contributed by atoms with van der Waals surface area (Å²) < 4.78 is 0. The molecular formula is C19H18N4O3. The third-order valence-corrected chi connectivity index (χ3v) is 3.59. The van der Waals surface area contributed by atoms with E-state index in [1.54, 1.807) is 42.5 Å². The Balaban J connectivity index is 2.14. The molecule has 2 aromatic carbocycles.